The lowest BCUT2D eigenvalue weighted by atomic mass is 9.32. The van der Waals surface area contributed by atoms with Crippen molar-refractivity contribution in [2.24, 2.45) is 33.5 Å². The van der Waals surface area contributed by atoms with Crippen molar-refractivity contribution in [1.82, 2.24) is 4.31 Å². The summed E-state index contributed by atoms with van der Waals surface area (Å²) < 4.78 is 27.7. The number of allylic oxidation sites excluding steroid dienone is 4. The standard InChI is InChI=1S/C36H45NO5S2/c1-32-15-11-26(38)22-34(32)18-19-36(28(23-34)31(39)25-8-5-4-6-9-25)29(32)12-16-33(2)30(36)13-17-35(33,40)24-37(44(3,41)42)20-14-27-10-7-21-43-27/h4-10,18-19,21,23,26,29-30,38,40H,11-17,20,22,24H2,1-3H3. The van der Waals surface area contributed by atoms with Gasteiger partial charge < -0.3 is 10.2 Å². The van der Waals surface area contributed by atoms with E-state index in [9.17, 15) is 23.4 Å². The Balaban J connectivity index is 1.31. The number of sulfonamides is 1. The lowest BCUT2D eigenvalue weighted by molar-refractivity contribution is -0.173. The molecule has 1 aromatic carbocycles. The molecule has 0 saturated heterocycles. The summed E-state index contributed by atoms with van der Waals surface area (Å²) >= 11 is 1.62. The first-order valence-corrected chi connectivity index (χ1v) is 18.9. The Morgan fingerprint density at radius 2 is 1.68 bits per heavy atom. The summed E-state index contributed by atoms with van der Waals surface area (Å²) in [5.41, 5.74) is -1.37. The van der Waals surface area contributed by atoms with Gasteiger partial charge in [0.15, 0.2) is 5.78 Å². The van der Waals surface area contributed by atoms with E-state index in [0.717, 1.165) is 42.6 Å². The number of Topliss-reactive ketones (excluding diaryl/α,β-unsaturated/α-hetero) is 1. The van der Waals surface area contributed by atoms with Crippen molar-refractivity contribution in [2.45, 2.75) is 76.9 Å². The quantitative estimate of drug-likeness (QED) is 0.273. The molecule has 2 spiro atoms. The van der Waals surface area contributed by atoms with Gasteiger partial charge in [-0.1, -0.05) is 68.5 Å². The number of aliphatic hydroxyl groups excluding tert-OH is 1. The van der Waals surface area contributed by atoms with Crippen molar-refractivity contribution in [3.63, 3.8) is 0 Å². The SMILES string of the molecule is CC12CCC(O)CC13C=CC1(C(C(=O)c4ccccc4)=C3)C2CCC2(C)C1CCC2(O)CN(CCc1cccs1)S(C)(=O)=O. The van der Waals surface area contributed by atoms with Gasteiger partial charge in [-0.15, -0.1) is 11.3 Å². The third kappa shape index (κ3) is 4.20. The molecule has 6 aliphatic rings. The highest BCUT2D eigenvalue weighted by atomic mass is 32.2. The van der Waals surface area contributed by atoms with Crippen LogP contribution in [0, 0.1) is 33.5 Å². The van der Waals surface area contributed by atoms with Crippen LogP contribution in [0.25, 0.3) is 0 Å². The average Bonchev–Trinajstić information content (AvgIpc) is 3.60. The van der Waals surface area contributed by atoms with Crippen LogP contribution >= 0.6 is 11.3 Å². The number of thiophene rings is 1. The van der Waals surface area contributed by atoms with Crippen LogP contribution in [0.4, 0.5) is 0 Å². The Morgan fingerprint density at radius 3 is 2.39 bits per heavy atom. The molecule has 8 unspecified atom stereocenters. The molecule has 3 saturated carbocycles. The number of hydrogen-bond donors (Lipinski definition) is 2. The van der Waals surface area contributed by atoms with Crippen molar-refractivity contribution >= 4 is 27.1 Å². The lowest BCUT2D eigenvalue weighted by Crippen LogP contribution is -2.67. The predicted octanol–water partition coefficient (Wildman–Crippen LogP) is 6.03. The van der Waals surface area contributed by atoms with Crippen molar-refractivity contribution in [2.75, 3.05) is 19.3 Å². The Kier molecular flexibility index (Phi) is 7.08. The molecule has 0 amide bonds. The molecule has 236 valence electrons. The monoisotopic (exact) mass is 635 g/mol. The van der Waals surface area contributed by atoms with Gasteiger partial charge in [0.25, 0.3) is 0 Å². The summed E-state index contributed by atoms with van der Waals surface area (Å²) in [6.45, 7) is 4.93. The molecule has 0 aliphatic heterocycles. The number of nitrogens with zero attached hydrogens (tertiary/aromatic N) is 1. The van der Waals surface area contributed by atoms with Crippen LogP contribution in [0.3, 0.4) is 0 Å². The molecule has 8 rings (SSSR count). The lowest BCUT2D eigenvalue weighted by Gasteiger charge is -2.71. The minimum absolute atomic E-state index is 0.0189. The number of ketones is 1. The molecule has 0 radical (unpaired) electrons. The van der Waals surface area contributed by atoms with E-state index in [1.807, 2.05) is 47.8 Å². The van der Waals surface area contributed by atoms with Crippen molar-refractivity contribution in [3.8, 4) is 0 Å². The molecule has 8 heteroatoms. The van der Waals surface area contributed by atoms with Crippen LogP contribution in [0.5, 0.6) is 0 Å². The van der Waals surface area contributed by atoms with Crippen LogP contribution in [0.1, 0.15) is 74.0 Å². The Hall–Kier alpha value is -2.10. The van der Waals surface area contributed by atoms with Gasteiger partial charge in [0.05, 0.1) is 18.0 Å². The first-order chi connectivity index (χ1) is 20.8. The van der Waals surface area contributed by atoms with Gasteiger partial charge in [-0.05, 0) is 80.1 Å². The largest absolute Gasteiger partial charge is 0.393 e. The van der Waals surface area contributed by atoms with Crippen molar-refractivity contribution < 1.29 is 23.4 Å². The zero-order chi connectivity index (χ0) is 31.2. The maximum absolute atomic E-state index is 14.5. The maximum Gasteiger partial charge on any atom is 0.211 e. The van der Waals surface area contributed by atoms with Gasteiger partial charge >= 0.3 is 0 Å². The van der Waals surface area contributed by atoms with E-state index in [2.05, 4.69) is 32.1 Å². The molecule has 2 aromatic rings. The zero-order valence-corrected chi connectivity index (χ0v) is 27.7. The fourth-order valence-electron chi connectivity index (χ4n) is 10.7. The molecule has 8 atom stereocenters. The summed E-state index contributed by atoms with van der Waals surface area (Å²) in [7, 11) is -3.56. The van der Waals surface area contributed by atoms with Crippen LogP contribution in [0.15, 0.2) is 71.6 Å². The van der Waals surface area contributed by atoms with E-state index >= 15 is 0 Å². The number of aliphatic hydroxyl groups is 2. The Labute approximate surface area is 265 Å². The molecule has 6 aliphatic carbocycles. The fraction of sp³-hybridized carbons (Fsp3) is 0.583. The van der Waals surface area contributed by atoms with Crippen LogP contribution < -0.4 is 0 Å². The van der Waals surface area contributed by atoms with Gasteiger partial charge in [0.1, 0.15) is 0 Å². The smallest absolute Gasteiger partial charge is 0.211 e. The molecule has 3 fully saturated rings. The first kappa shape index (κ1) is 30.5. The number of carbonyl (C=O) groups excluding carboxylic acids is 1. The molecule has 1 aromatic heterocycles. The van der Waals surface area contributed by atoms with Crippen LogP contribution in [0.2, 0.25) is 0 Å². The fourth-order valence-corrected chi connectivity index (χ4v) is 12.3. The van der Waals surface area contributed by atoms with Crippen LogP contribution in [-0.4, -0.2) is 59.8 Å². The average molecular weight is 636 g/mol. The normalized spacial score (nSPS) is 40.8. The van der Waals surface area contributed by atoms with Gasteiger partial charge in [-0.2, -0.15) is 4.31 Å². The second-order valence-electron chi connectivity index (χ2n) is 14.9. The highest BCUT2D eigenvalue weighted by Crippen LogP contribution is 2.78. The molecule has 6 nitrogen and oxygen atoms in total. The van der Waals surface area contributed by atoms with Gasteiger partial charge in [0, 0.05) is 45.3 Å². The topological polar surface area (TPSA) is 94.9 Å². The van der Waals surface area contributed by atoms with Crippen LogP contribution in [-0.2, 0) is 16.4 Å². The molecule has 2 N–H and O–H groups in total. The summed E-state index contributed by atoms with van der Waals surface area (Å²) in [5, 5.41) is 25.5. The molecular formula is C36H45NO5S2. The first-order valence-electron chi connectivity index (χ1n) is 16.2. The highest BCUT2D eigenvalue weighted by molar-refractivity contribution is 7.88. The number of benzene rings is 1. The number of hydrogen-bond acceptors (Lipinski definition) is 6. The molecule has 44 heavy (non-hydrogen) atoms. The minimum Gasteiger partial charge on any atom is -0.393 e. The van der Waals surface area contributed by atoms with Gasteiger partial charge in [-0.25, -0.2) is 8.42 Å². The summed E-state index contributed by atoms with van der Waals surface area (Å²) in [6, 6.07) is 13.5. The van der Waals surface area contributed by atoms with E-state index in [4.69, 9.17) is 0 Å². The highest BCUT2D eigenvalue weighted by Gasteiger charge is 2.74. The number of rotatable bonds is 8. The molecule has 1 heterocycles. The van der Waals surface area contributed by atoms with E-state index in [0.29, 0.717) is 31.4 Å². The van der Waals surface area contributed by atoms with E-state index in [1.165, 1.54) is 10.6 Å². The summed E-state index contributed by atoms with van der Waals surface area (Å²) in [4.78, 5) is 15.7. The number of carbonyl (C=O) groups is 1. The molecular weight excluding hydrogens is 591 g/mol. The van der Waals surface area contributed by atoms with Gasteiger partial charge in [0.2, 0.25) is 10.0 Å². The predicted molar refractivity (Wildman–Crippen MR) is 174 cm³/mol. The second-order valence-corrected chi connectivity index (χ2v) is 17.9. The third-order valence-electron chi connectivity index (χ3n) is 13.1. The summed E-state index contributed by atoms with van der Waals surface area (Å²) in [6.07, 6.45) is 13.4. The molecule has 2 bridgehead atoms. The zero-order valence-electron chi connectivity index (χ0n) is 26.0. The second kappa shape index (κ2) is 10.2. The Bertz CT molecular complexity index is 1620. The van der Waals surface area contributed by atoms with E-state index in [-0.39, 0.29) is 35.0 Å². The van der Waals surface area contributed by atoms with E-state index in [1.54, 1.807) is 11.3 Å². The van der Waals surface area contributed by atoms with Gasteiger partial charge in [-0.3, -0.25) is 4.79 Å². The van der Waals surface area contributed by atoms with Crippen molar-refractivity contribution in [1.29, 1.82) is 0 Å². The van der Waals surface area contributed by atoms with E-state index < -0.39 is 32.6 Å². The maximum atomic E-state index is 14.5. The van der Waals surface area contributed by atoms with Crippen molar-refractivity contribution in [3.05, 3.63) is 82.1 Å². The third-order valence-corrected chi connectivity index (χ3v) is 15.3. The summed E-state index contributed by atoms with van der Waals surface area (Å²) in [5.74, 6) is 0.217. The Morgan fingerprint density at radius 1 is 0.977 bits per heavy atom. The minimum atomic E-state index is -3.56. The number of fused-ring (bicyclic) bond motifs is 1.